The Morgan fingerprint density at radius 3 is 2.73 bits per heavy atom. The first kappa shape index (κ1) is 10.8. The van der Waals surface area contributed by atoms with Crippen LogP contribution < -0.4 is 5.32 Å². The molecule has 0 aliphatic carbocycles. The van der Waals surface area contributed by atoms with Gasteiger partial charge in [-0.1, -0.05) is 4.49 Å². The summed E-state index contributed by atoms with van der Waals surface area (Å²) in [6.07, 6.45) is 4.24. The molecule has 1 aliphatic heterocycles. The van der Waals surface area contributed by atoms with Crippen molar-refractivity contribution in [3.05, 3.63) is 6.20 Å². The van der Waals surface area contributed by atoms with Crippen molar-refractivity contribution in [2.75, 3.05) is 18.4 Å². The van der Waals surface area contributed by atoms with Gasteiger partial charge in [0, 0.05) is 36.7 Å². The molecule has 5 heteroatoms. The van der Waals surface area contributed by atoms with Crippen LogP contribution in [0.25, 0.3) is 0 Å². The molecule has 0 aromatic carbocycles. The average Bonchev–Trinajstić information content (AvgIpc) is 2.71. The Labute approximate surface area is 94.8 Å². The van der Waals surface area contributed by atoms with Gasteiger partial charge in [0.15, 0.2) is 0 Å². The Morgan fingerprint density at radius 1 is 1.47 bits per heavy atom. The van der Waals surface area contributed by atoms with E-state index in [0.717, 1.165) is 5.00 Å². The molecule has 1 aromatic heterocycles. The van der Waals surface area contributed by atoms with Crippen molar-refractivity contribution < 1.29 is 0 Å². The normalized spacial score (nSPS) is 19.7. The van der Waals surface area contributed by atoms with E-state index in [2.05, 4.69) is 33.7 Å². The first-order chi connectivity index (χ1) is 7.25. The van der Waals surface area contributed by atoms with Gasteiger partial charge in [-0.15, -0.1) is 5.10 Å². The lowest BCUT2D eigenvalue weighted by molar-refractivity contribution is 0.177. The predicted octanol–water partition coefficient (Wildman–Crippen LogP) is 1.82. The maximum Gasteiger partial charge on any atom is 0.130 e. The summed E-state index contributed by atoms with van der Waals surface area (Å²) in [4.78, 5) is 2.53. The van der Waals surface area contributed by atoms with E-state index in [1.165, 1.54) is 37.5 Å². The van der Waals surface area contributed by atoms with Gasteiger partial charge in [-0.05, 0) is 26.7 Å². The van der Waals surface area contributed by atoms with E-state index in [1.54, 1.807) is 6.20 Å². The van der Waals surface area contributed by atoms with Crippen LogP contribution in [0.4, 0.5) is 5.00 Å². The standard InChI is InChI=1S/C10H18N4S/c1-8(2)14-5-3-9(4-6-14)12-10-7-11-13-15-10/h7-9,12H,3-6H2,1-2H3. The molecule has 2 rings (SSSR count). The van der Waals surface area contributed by atoms with E-state index in [4.69, 9.17) is 0 Å². The molecule has 2 heterocycles. The van der Waals surface area contributed by atoms with Gasteiger partial charge in [0.1, 0.15) is 5.00 Å². The summed E-state index contributed by atoms with van der Waals surface area (Å²) >= 11 is 1.44. The summed E-state index contributed by atoms with van der Waals surface area (Å²) in [6, 6.07) is 1.28. The Hall–Kier alpha value is -0.680. The van der Waals surface area contributed by atoms with Crippen LogP contribution in [0.1, 0.15) is 26.7 Å². The van der Waals surface area contributed by atoms with Gasteiger partial charge in [0.2, 0.25) is 0 Å². The van der Waals surface area contributed by atoms with Gasteiger partial charge >= 0.3 is 0 Å². The van der Waals surface area contributed by atoms with Crippen molar-refractivity contribution in [2.45, 2.75) is 38.8 Å². The van der Waals surface area contributed by atoms with Crippen LogP contribution in [0.2, 0.25) is 0 Å². The fourth-order valence-electron chi connectivity index (χ4n) is 1.99. The first-order valence-electron chi connectivity index (χ1n) is 5.53. The van der Waals surface area contributed by atoms with E-state index >= 15 is 0 Å². The highest BCUT2D eigenvalue weighted by Gasteiger charge is 2.20. The largest absolute Gasteiger partial charge is 0.372 e. The van der Waals surface area contributed by atoms with Gasteiger partial charge in [0.05, 0.1) is 6.20 Å². The van der Waals surface area contributed by atoms with Crippen LogP contribution in [-0.4, -0.2) is 39.7 Å². The Kier molecular flexibility index (Phi) is 3.53. The van der Waals surface area contributed by atoms with Crippen molar-refractivity contribution >= 4 is 16.5 Å². The molecule has 4 nitrogen and oxygen atoms in total. The fourth-order valence-corrected chi connectivity index (χ4v) is 2.49. The van der Waals surface area contributed by atoms with Crippen LogP contribution >= 0.6 is 11.5 Å². The summed E-state index contributed by atoms with van der Waals surface area (Å²) in [7, 11) is 0. The van der Waals surface area contributed by atoms with Crippen molar-refractivity contribution in [2.24, 2.45) is 0 Å². The molecule has 0 unspecified atom stereocenters. The second-order valence-corrected chi connectivity index (χ2v) is 5.12. The Bertz CT molecular complexity index is 278. The van der Waals surface area contributed by atoms with Crippen molar-refractivity contribution in [3.63, 3.8) is 0 Å². The quantitative estimate of drug-likeness (QED) is 0.853. The van der Waals surface area contributed by atoms with Crippen LogP contribution in [-0.2, 0) is 0 Å². The zero-order valence-electron chi connectivity index (χ0n) is 9.31. The first-order valence-corrected chi connectivity index (χ1v) is 6.31. The monoisotopic (exact) mass is 226 g/mol. The number of anilines is 1. The minimum Gasteiger partial charge on any atom is -0.372 e. The molecule has 0 saturated carbocycles. The predicted molar refractivity (Wildman–Crippen MR) is 63.3 cm³/mol. The summed E-state index contributed by atoms with van der Waals surface area (Å²) in [5, 5.41) is 8.41. The van der Waals surface area contributed by atoms with E-state index in [0.29, 0.717) is 12.1 Å². The molecule has 0 spiro atoms. The van der Waals surface area contributed by atoms with Crippen molar-refractivity contribution in [1.82, 2.24) is 14.5 Å². The number of rotatable bonds is 3. The smallest absolute Gasteiger partial charge is 0.130 e. The molecule has 0 amide bonds. The summed E-state index contributed by atoms with van der Waals surface area (Å²) in [5.74, 6) is 0. The SMILES string of the molecule is CC(C)N1CCC(Nc2cnns2)CC1. The number of hydrogen-bond donors (Lipinski definition) is 1. The van der Waals surface area contributed by atoms with Crippen LogP contribution in [0.3, 0.4) is 0 Å². The minimum atomic E-state index is 0.599. The molecule has 84 valence electrons. The lowest BCUT2D eigenvalue weighted by atomic mass is 10.0. The number of hydrogen-bond acceptors (Lipinski definition) is 5. The molecule has 1 fully saturated rings. The highest BCUT2D eigenvalue weighted by Crippen LogP contribution is 2.18. The molecule has 1 N–H and O–H groups in total. The van der Waals surface area contributed by atoms with Crippen molar-refractivity contribution in [3.8, 4) is 0 Å². The maximum absolute atomic E-state index is 3.85. The molecule has 0 radical (unpaired) electrons. The number of piperidine rings is 1. The number of nitrogens with one attached hydrogen (secondary N) is 1. The highest BCUT2D eigenvalue weighted by molar-refractivity contribution is 7.09. The van der Waals surface area contributed by atoms with E-state index in [9.17, 15) is 0 Å². The van der Waals surface area contributed by atoms with Gasteiger partial charge in [0.25, 0.3) is 0 Å². The van der Waals surface area contributed by atoms with Crippen molar-refractivity contribution in [1.29, 1.82) is 0 Å². The lowest BCUT2D eigenvalue weighted by Crippen LogP contribution is -2.42. The molecular weight excluding hydrogens is 208 g/mol. The second-order valence-electron chi connectivity index (χ2n) is 4.33. The van der Waals surface area contributed by atoms with Crippen LogP contribution in [0.15, 0.2) is 6.20 Å². The highest BCUT2D eigenvalue weighted by atomic mass is 32.1. The fraction of sp³-hybridized carbons (Fsp3) is 0.800. The molecule has 0 atom stereocenters. The van der Waals surface area contributed by atoms with Crippen LogP contribution in [0.5, 0.6) is 0 Å². The number of aromatic nitrogens is 2. The number of likely N-dealkylation sites (tertiary alicyclic amines) is 1. The third-order valence-corrected chi connectivity index (χ3v) is 3.56. The lowest BCUT2D eigenvalue weighted by Gasteiger charge is -2.34. The molecular formula is C10H18N4S. The number of nitrogens with zero attached hydrogens (tertiary/aromatic N) is 3. The Balaban J connectivity index is 1.79. The molecule has 1 aliphatic rings. The molecule has 0 bridgehead atoms. The summed E-state index contributed by atoms with van der Waals surface area (Å²) in [5.41, 5.74) is 0. The zero-order valence-corrected chi connectivity index (χ0v) is 10.1. The third kappa shape index (κ3) is 2.89. The second kappa shape index (κ2) is 4.90. The van der Waals surface area contributed by atoms with Crippen LogP contribution in [0, 0.1) is 0 Å². The van der Waals surface area contributed by atoms with Gasteiger partial charge in [-0.3, -0.25) is 0 Å². The molecule has 1 aromatic rings. The van der Waals surface area contributed by atoms with E-state index < -0.39 is 0 Å². The zero-order chi connectivity index (χ0) is 10.7. The van der Waals surface area contributed by atoms with Gasteiger partial charge in [-0.25, -0.2) is 0 Å². The van der Waals surface area contributed by atoms with E-state index in [1.807, 2.05) is 0 Å². The minimum absolute atomic E-state index is 0.599. The van der Waals surface area contributed by atoms with Gasteiger partial charge in [-0.2, -0.15) is 0 Å². The molecule has 1 saturated heterocycles. The maximum atomic E-state index is 3.85. The van der Waals surface area contributed by atoms with Gasteiger partial charge < -0.3 is 10.2 Å². The Morgan fingerprint density at radius 2 is 2.20 bits per heavy atom. The van der Waals surface area contributed by atoms with E-state index in [-0.39, 0.29) is 0 Å². The topological polar surface area (TPSA) is 41.0 Å². The summed E-state index contributed by atoms with van der Waals surface area (Å²) in [6.45, 7) is 6.92. The average molecular weight is 226 g/mol. The summed E-state index contributed by atoms with van der Waals surface area (Å²) < 4.78 is 3.85. The molecule has 15 heavy (non-hydrogen) atoms. The third-order valence-electron chi connectivity index (χ3n) is 2.97.